The van der Waals surface area contributed by atoms with E-state index < -0.39 is 17.2 Å². The zero-order valence-corrected chi connectivity index (χ0v) is 23.0. The van der Waals surface area contributed by atoms with Crippen LogP contribution in [0.1, 0.15) is 45.1 Å². The minimum Gasteiger partial charge on any atom is -0.507 e. The Kier molecular flexibility index (Phi) is 8.14. The molecule has 0 spiro atoms. The number of carboxylic acids is 1. The highest BCUT2D eigenvalue weighted by molar-refractivity contribution is 5.74. The maximum absolute atomic E-state index is 14.9. The average Bonchev–Trinajstić information content (AvgIpc) is 2.95. The van der Waals surface area contributed by atoms with Crippen molar-refractivity contribution in [1.29, 1.82) is 0 Å². The molecule has 214 valence electrons. The number of rotatable bonds is 9. The molecule has 5 rings (SSSR count). The van der Waals surface area contributed by atoms with E-state index >= 15 is 0 Å². The Morgan fingerprint density at radius 1 is 1.20 bits per heavy atom. The molecule has 0 radical (unpaired) electrons. The van der Waals surface area contributed by atoms with Crippen molar-refractivity contribution in [3.05, 3.63) is 71.8 Å². The fourth-order valence-corrected chi connectivity index (χ4v) is 4.86. The lowest BCUT2D eigenvalue weighted by atomic mass is 9.85. The lowest BCUT2D eigenvalue weighted by Crippen LogP contribution is -2.40. The van der Waals surface area contributed by atoms with Crippen molar-refractivity contribution in [2.75, 3.05) is 23.3 Å². The van der Waals surface area contributed by atoms with Crippen LogP contribution in [0.2, 0.25) is 0 Å². The number of aliphatic imine (C=N–C) groups is 1. The van der Waals surface area contributed by atoms with Gasteiger partial charge in [0.15, 0.2) is 11.6 Å². The standard InChI is InChI=1S/C30H33FN6O4/c1-30(2,29(39)40)15-19-6-3-7-20(14-19)27-22(31)10-11-24(36-27)34-25-16-32-17-26(35-25)37-13-5-8-21(18-37)41-28-23(38)9-4-12-33-28/h3,6-7,10-12,14,16-17,21,38H,4-5,8-9,13,15,18H2,1-2H3,(H,39,40)(H,34,35,36). The van der Waals surface area contributed by atoms with Crippen molar-refractivity contribution >= 4 is 29.6 Å². The first-order valence-electron chi connectivity index (χ1n) is 13.6. The molecule has 1 unspecified atom stereocenters. The van der Waals surface area contributed by atoms with Gasteiger partial charge in [0.1, 0.15) is 29.3 Å². The van der Waals surface area contributed by atoms with Crippen LogP contribution in [0.5, 0.6) is 0 Å². The van der Waals surface area contributed by atoms with Crippen molar-refractivity contribution in [2.24, 2.45) is 10.4 Å². The van der Waals surface area contributed by atoms with Gasteiger partial charge in [-0.1, -0.05) is 18.2 Å². The molecule has 0 saturated carbocycles. The van der Waals surface area contributed by atoms with Gasteiger partial charge < -0.3 is 25.2 Å². The number of allylic oxidation sites excluding steroid dienone is 1. The lowest BCUT2D eigenvalue weighted by Gasteiger charge is -2.33. The highest BCUT2D eigenvalue weighted by atomic mass is 19.1. The van der Waals surface area contributed by atoms with E-state index in [4.69, 9.17) is 9.72 Å². The molecule has 4 heterocycles. The molecule has 2 aromatic heterocycles. The summed E-state index contributed by atoms with van der Waals surface area (Å²) >= 11 is 0. The fourth-order valence-electron chi connectivity index (χ4n) is 4.86. The van der Waals surface area contributed by atoms with E-state index in [9.17, 15) is 19.4 Å². The average molecular weight is 561 g/mol. The topological polar surface area (TPSA) is 133 Å². The summed E-state index contributed by atoms with van der Waals surface area (Å²) < 4.78 is 20.9. The number of pyridine rings is 1. The Morgan fingerprint density at radius 3 is 2.85 bits per heavy atom. The number of aromatic nitrogens is 3. The van der Waals surface area contributed by atoms with Crippen molar-refractivity contribution in [2.45, 2.75) is 52.1 Å². The van der Waals surface area contributed by atoms with Gasteiger partial charge >= 0.3 is 5.97 Å². The number of nitrogens with zero attached hydrogens (tertiary/aromatic N) is 5. The van der Waals surface area contributed by atoms with Gasteiger partial charge in [0.25, 0.3) is 5.88 Å². The number of piperidine rings is 1. The molecule has 1 fully saturated rings. The van der Waals surface area contributed by atoms with Gasteiger partial charge in [-0.15, -0.1) is 0 Å². The Morgan fingerprint density at radius 2 is 2.05 bits per heavy atom. The number of hydrogen-bond donors (Lipinski definition) is 3. The van der Waals surface area contributed by atoms with Crippen LogP contribution in [0.25, 0.3) is 11.3 Å². The van der Waals surface area contributed by atoms with Crippen LogP contribution in [0, 0.1) is 11.2 Å². The maximum atomic E-state index is 14.9. The van der Waals surface area contributed by atoms with Crippen LogP contribution in [-0.4, -0.2) is 56.5 Å². The number of anilines is 3. The van der Waals surface area contributed by atoms with Crippen molar-refractivity contribution in [3.8, 4) is 11.3 Å². The molecule has 10 nitrogen and oxygen atoms in total. The van der Waals surface area contributed by atoms with Gasteiger partial charge in [-0.25, -0.2) is 19.4 Å². The van der Waals surface area contributed by atoms with Gasteiger partial charge in [-0.3, -0.25) is 9.78 Å². The second-order valence-electron chi connectivity index (χ2n) is 10.9. The van der Waals surface area contributed by atoms with Crippen LogP contribution < -0.4 is 10.2 Å². The van der Waals surface area contributed by atoms with Crippen LogP contribution in [0.3, 0.4) is 0 Å². The number of carboxylic acid groups (broad SMARTS) is 1. The molecule has 0 bridgehead atoms. The second kappa shape index (κ2) is 11.9. The van der Waals surface area contributed by atoms with Crippen LogP contribution in [-0.2, 0) is 16.0 Å². The summed E-state index contributed by atoms with van der Waals surface area (Å²) in [5.74, 6) is 0.574. The molecule has 0 amide bonds. The Balaban J connectivity index is 1.30. The number of aliphatic carboxylic acids is 1. The molecular formula is C30H33FN6O4. The normalized spacial score (nSPS) is 17.4. The molecule has 2 aliphatic rings. The number of ether oxygens (including phenoxy) is 1. The number of aliphatic hydroxyl groups is 1. The third-order valence-corrected chi connectivity index (χ3v) is 7.10. The highest BCUT2D eigenvalue weighted by Gasteiger charge is 2.28. The van der Waals surface area contributed by atoms with E-state index in [1.54, 1.807) is 50.7 Å². The molecule has 1 atom stereocenters. The number of hydrogen-bond acceptors (Lipinski definition) is 9. The molecule has 1 aromatic carbocycles. The van der Waals surface area contributed by atoms with Gasteiger partial charge in [-0.2, -0.15) is 0 Å². The van der Waals surface area contributed by atoms with Gasteiger partial charge in [0.05, 0.1) is 24.4 Å². The van der Waals surface area contributed by atoms with Gasteiger partial charge in [-0.05, 0) is 63.3 Å². The molecule has 11 heteroatoms. The smallest absolute Gasteiger partial charge is 0.309 e. The number of aliphatic hydroxyl groups excluding tert-OH is 1. The number of nitrogens with one attached hydrogen (secondary N) is 1. The quantitative estimate of drug-likeness (QED) is 0.303. The zero-order chi connectivity index (χ0) is 29.0. The summed E-state index contributed by atoms with van der Waals surface area (Å²) in [4.78, 5) is 31.4. The summed E-state index contributed by atoms with van der Waals surface area (Å²) in [6.07, 6.45) is 8.10. The Bertz CT molecular complexity index is 1490. The summed E-state index contributed by atoms with van der Waals surface area (Å²) in [5.41, 5.74) is 0.514. The van der Waals surface area contributed by atoms with Crippen molar-refractivity contribution in [3.63, 3.8) is 0 Å². The summed E-state index contributed by atoms with van der Waals surface area (Å²) in [5, 5.41) is 22.7. The first-order valence-corrected chi connectivity index (χ1v) is 13.6. The minimum absolute atomic E-state index is 0.146. The first kappa shape index (κ1) is 28.0. The fraction of sp³-hybridized carbons (Fsp3) is 0.367. The molecule has 3 N–H and O–H groups in total. The highest BCUT2D eigenvalue weighted by Crippen LogP contribution is 2.29. The molecule has 41 heavy (non-hydrogen) atoms. The number of halogens is 1. The van der Waals surface area contributed by atoms with Crippen LogP contribution >= 0.6 is 0 Å². The van der Waals surface area contributed by atoms with Gasteiger partial charge in [0, 0.05) is 24.7 Å². The van der Waals surface area contributed by atoms with Crippen LogP contribution in [0.15, 0.2) is 65.4 Å². The zero-order valence-electron chi connectivity index (χ0n) is 23.0. The van der Waals surface area contributed by atoms with E-state index in [1.807, 2.05) is 6.07 Å². The maximum Gasteiger partial charge on any atom is 0.309 e. The summed E-state index contributed by atoms with van der Waals surface area (Å²) in [6, 6.07) is 9.97. The first-order chi connectivity index (χ1) is 19.7. The summed E-state index contributed by atoms with van der Waals surface area (Å²) in [7, 11) is 0. The summed E-state index contributed by atoms with van der Waals surface area (Å²) in [6.45, 7) is 4.66. The Hall–Kier alpha value is -4.54. The lowest BCUT2D eigenvalue weighted by molar-refractivity contribution is -0.146. The van der Waals surface area contributed by atoms with E-state index in [0.29, 0.717) is 54.7 Å². The van der Waals surface area contributed by atoms with Crippen LogP contribution in [0.4, 0.5) is 21.8 Å². The van der Waals surface area contributed by atoms with E-state index in [-0.39, 0.29) is 17.6 Å². The SMILES string of the molecule is CC(C)(Cc1cccc(-c2nc(Nc3cncc(N4CCCC(OC5=C(O)CCC=N5)C4)n3)ccc2F)c1)C(=O)O. The number of carbonyl (C=O) groups is 1. The van der Waals surface area contributed by atoms with Crippen molar-refractivity contribution < 1.29 is 24.1 Å². The minimum atomic E-state index is -0.957. The molecule has 0 aliphatic carbocycles. The van der Waals surface area contributed by atoms with E-state index in [1.165, 1.54) is 12.1 Å². The molecular weight excluding hydrogens is 527 g/mol. The van der Waals surface area contributed by atoms with Crippen molar-refractivity contribution in [1.82, 2.24) is 15.0 Å². The Labute approximate surface area is 237 Å². The molecule has 2 aliphatic heterocycles. The predicted molar refractivity (Wildman–Crippen MR) is 154 cm³/mol. The predicted octanol–water partition coefficient (Wildman–Crippen LogP) is 5.65. The van der Waals surface area contributed by atoms with Gasteiger partial charge in [0.2, 0.25) is 0 Å². The van der Waals surface area contributed by atoms with E-state index in [2.05, 4.69) is 25.2 Å². The third kappa shape index (κ3) is 6.79. The largest absolute Gasteiger partial charge is 0.507 e. The second-order valence-corrected chi connectivity index (χ2v) is 10.9. The third-order valence-electron chi connectivity index (χ3n) is 7.10. The molecule has 1 saturated heterocycles. The molecule has 3 aromatic rings. The number of benzene rings is 1. The monoisotopic (exact) mass is 560 g/mol. The van der Waals surface area contributed by atoms with E-state index in [0.717, 1.165) is 24.9 Å².